The Labute approximate surface area is 97.5 Å². The predicted octanol–water partition coefficient (Wildman–Crippen LogP) is 2.69. The van der Waals surface area contributed by atoms with Gasteiger partial charge in [-0.25, -0.2) is 0 Å². The van der Waals surface area contributed by atoms with Crippen LogP contribution in [0.5, 0.6) is 0 Å². The fourth-order valence-corrected chi connectivity index (χ4v) is 2.41. The summed E-state index contributed by atoms with van der Waals surface area (Å²) in [7, 11) is 0. The molecule has 0 aliphatic heterocycles. The molecule has 90 valence electrons. The van der Waals surface area contributed by atoms with Crippen molar-refractivity contribution < 1.29 is 5.11 Å². The van der Waals surface area contributed by atoms with E-state index < -0.39 is 5.60 Å². The molecule has 1 aromatic rings. The predicted molar refractivity (Wildman–Crippen MR) is 64.0 cm³/mol. The molecule has 0 bridgehead atoms. The van der Waals surface area contributed by atoms with Gasteiger partial charge >= 0.3 is 0 Å². The Hall–Kier alpha value is -0.830. The summed E-state index contributed by atoms with van der Waals surface area (Å²) in [4.78, 5) is 0. The van der Waals surface area contributed by atoms with Gasteiger partial charge in [-0.1, -0.05) is 13.8 Å². The quantitative estimate of drug-likeness (QED) is 0.835. The summed E-state index contributed by atoms with van der Waals surface area (Å²) >= 11 is 0. The monoisotopic (exact) mass is 222 g/mol. The average molecular weight is 222 g/mol. The van der Waals surface area contributed by atoms with Crippen molar-refractivity contribution in [3.63, 3.8) is 0 Å². The first-order chi connectivity index (χ1) is 7.45. The molecule has 0 saturated heterocycles. The maximum absolute atomic E-state index is 10.6. The van der Waals surface area contributed by atoms with Gasteiger partial charge in [0.2, 0.25) is 0 Å². The smallest absolute Gasteiger partial charge is 0.0927 e. The zero-order valence-corrected chi connectivity index (χ0v) is 10.5. The average Bonchev–Trinajstić information content (AvgIpc) is 2.72. The molecule has 1 N–H and O–H groups in total. The first-order valence-corrected chi connectivity index (χ1v) is 6.20. The Morgan fingerprint density at radius 1 is 1.31 bits per heavy atom. The Morgan fingerprint density at radius 2 is 1.94 bits per heavy atom. The highest BCUT2D eigenvalue weighted by Crippen LogP contribution is 2.44. The summed E-state index contributed by atoms with van der Waals surface area (Å²) in [6.45, 7) is 7.48. The number of aliphatic hydroxyl groups is 1. The van der Waals surface area contributed by atoms with Crippen molar-refractivity contribution in [1.29, 1.82) is 0 Å². The van der Waals surface area contributed by atoms with Crippen molar-refractivity contribution in [2.45, 2.75) is 58.6 Å². The van der Waals surface area contributed by atoms with Gasteiger partial charge in [-0.05, 0) is 38.0 Å². The summed E-state index contributed by atoms with van der Waals surface area (Å²) in [5.41, 5.74) is 0.737. The van der Waals surface area contributed by atoms with Crippen molar-refractivity contribution >= 4 is 0 Å². The van der Waals surface area contributed by atoms with Crippen LogP contribution in [-0.4, -0.2) is 14.9 Å². The lowest BCUT2D eigenvalue weighted by atomic mass is 9.69. The van der Waals surface area contributed by atoms with E-state index in [2.05, 4.69) is 25.9 Å². The largest absolute Gasteiger partial charge is 0.385 e. The van der Waals surface area contributed by atoms with Crippen molar-refractivity contribution in [2.24, 2.45) is 5.41 Å². The molecule has 0 radical (unpaired) electrons. The third-order valence-corrected chi connectivity index (χ3v) is 3.93. The highest BCUT2D eigenvalue weighted by molar-refractivity contribution is 5.16. The zero-order chi connectivity index (χ0) is 11.8. The van der Waals surface area contributed by atoms with Crippen LogP contribution in [0.4, 0.5) is 0 Å². The van der Waals surface area contributed by atoms with E-state index in [0.717, 1.165) is 37.8 Å². The highest BCUT2D eigenvalue weighted by Gasteiger charge is 2.38. The molecule has 0 atom stereocenters. The first kappa shape index (κ1) is 11.6. The van der Waals surface area contributed by atoms with Crippen LogP contribution in [0.25, 0.3) is 0 Å². The standard InChI is InChI=1S/C13H22N2O/c1-4-15-10-11(9-14-15)13(16)7-5-12(2,3)6-8-13/h9-10,16H,4-8H2,1-3H3. The van der Waals surface area contributed by atoms with E-state index in [-0.39, 0.29) is 0 Å². The van der Waals surface area contributed by atoms with E-state index in [1.165, 1.54) is 0 Å². The van der Waals surface area contributed by atoms with Crippen molar-refractivity contribution in [3.05, 3.63) is 18.0 Å². The normalized spacial score (nSPS) is 23.2. The summed E-state index contributed by atoms with van der Waals surface area (Å²) < 4.78 is 1.88. The molecule has 2 rings (SSSR count). The number of aromatic nitrogens is 2. The molecule has 3 heteroatoms. The van der Waals surface area contributed by atoms with Gasteiger partial charge in [-0.3, -0.25) is 4.68 Å². The van der Waals surface area contributed by atoms with Crippen molar-refractivity contribution in [2.75, 3.05) is 0 Å². The lowest BCUT2D eigenvalue weighted by Gasteiger charge is -2.39. The van der Waals surface area contributed by atoms with Gasteiger partial charge in [0, 0.05) is 18.3 Å². The molecule has 1 fully saturated rings. The van der Waals surface area contributed by atoms with Crippen LogP contribution in [0.15, 0.2) is 12.4 Å². The van der Waals surface area contributed by atoms with E-state index >= 15 is 0 Å². The van der Waals surface area contributed by atoms with E-state index in [4.69, 9.17) is 0 Å². The fraction of sp³-hybridized carbons (Fsp3) is 0.769. The topological polar surface area (TPSA) is 38.0 Å². The summed E-state index contributed by atoms with van der Waals surface area (Å²) in [5.74, 6) is 0. The van der Waals surface area contributed by atoms with Crippen LogP contribution in [0.3, 0.4) is 0 Å². The Kier molecular flexibility index (Phi) is 2.82. The van der Waals surface area contributed by atoms with Crippen LogP contribution < -0.4 is 0 Å². The minimum atomic E-state index is -0.636. The fourth-order valence-electron chi connectivity index (χ4n) is 2.41. The van der Waals surface area contributed by atoms with Crippen LogP contribution in [0.1, 0.15) is 52.0 Å². The van der Waals surface area contributed by atoms with Crippen LogP contribution >= 0.6 is 0 Å². The lowest BCUT2D eigenvalue weighted by molar-refractivity contribution is -0.0306. The highest BCUT2D eigenvalue weighted by atomic mass is 16.3. The minimum absolute atomic E-state index is 0.382. The van der Waals surface area contributed by atoms with E-state index in [0.29, 0.717) is 5.41 Å². The zero-order valence-electron chi connectivity index (χ0n) is 10.5. The third-order valence-electron chi connectivity index (χ3n) is 3.93. The second-order valence-corrected chi connectivity index (χ2v) is 5.78. The summed E-state index contributed by atoms with van der Waals surface area (Å²) in [5, 5.41) is 14.9. The molecule has 16 heavy (non-hydrogen) atoms. The third kappa shape index (κ3) is 2.14. The van der Waals surface area contributed by atoms with E-state index in [9.17, 15) is 5.11 Å². The molecule has 1 aliphatic carbocycles. The Balaban J connectivity index is 2.14. The maximum Gasteiger partial charge on any atom is 0.0927 e. The van der Waals surface area contributed by atoms with Gasteiger partial charge in [0.1, 0.15) is 0 Å². The molecule has 1 saturated carbocycles. The molecule has 0 spiro atoms. The lowest BCUT2D eigenvalue weighted by Crippen LogP contribution is -2.34. The van der Waals surface area contributed by atoms with Gasteiger partial charge in [-0.15, -0.1) is 0 Å². The van der Waals surface area contributed by atoms with Gasteiger partial charge in [0.15, 0.2) is 0 Å². The summed E-state index contributed by atoms with van der Waals surface area (Å²) in [6, 6.07) is 0. The van der Waals surface area contributed by atoms with Gasteiger partial charge in [-0.2, -0.15) is 5.10 Å². The molecule has 3 nitrogen and oxygen atoms in total. The van der Waals surface area contributed by atoms with Crippen molar-refractivity contribution in [1.82, 2.24) is 9.78 Å². The number of hydrogen-bond acceptors (Lipinski definition) is 2. The maximum atomic E-state index is 10.6. The van der Waals surface area contributed by atoms with Crippen LogP contribution in [-0.2, 0) is 12.1 Å². The van der Waals surface area contributed by atoms with Crippen molar-refractivity contribution in [3.8, 4) is 0 Å². The molecular formula is C13H22N2O. The first-order valence-electron chi connectivity index (χ1n) is 6.20. The number of hydrogen-bond donors (Lipinski definition) is 1. The molecule has 0 amide bonds. The van der Waals surface area contributed by atoms with Gasteiger partial charge in [0.25, 0.3) is 0 Å². The van der Waals surface area contributed by atoms with E-state index in [1.54, 1.807) is 0 Å². The number of nitrogens with zero attached hydrogens (tertiary/aromatic N) is 2. The SMILES string of the molecule is CCn1cc(C2(O)CCC(C)(C)CC2)cn1. The minimum Gasteiger partial charge on any atom is -0.385 e. The molecule has 0 aromatic carbocycles. The second-order valence-electron chi connectivity index (χ2n) is 5.78. The second kappa shape index (κ2) is 3.88. The van der Waals surface area contributed by atoms with Crippen LogP contribution in [0.2, 0.25) is 0 Å². The molecule has 0 unspecified atom stereocenters. The number of rotatable bonds is 2. The molecule has 1 aromatic heterocycles. The van der Waals surface area contributed by atoms with Crippen LogP contribution in [0, 0.1) is 5.41 Å². The van der Waals surface area contributed by atoms with Gasteiger partial charge < -0.3 is 5.11 Å². The van der Waals surface area contributed by atoms with E-state index in [1.807, 2.05) is 17.1 Å². The summed E-state index contributed by atoms with van der Waals surface area (Å²) in [6.07, 6.45) is 7.69. The van der Waals surface area contributed by atoms with Gasteiger partial charge in [0.05, 0.1) is 11.8 Å². The number of aryl methyl sites for hydroxylation is 1. The Bertz CT molecular complexity index is 358. The Morgan fingerprint density at radius 3 is 2.44 bits per heavy atom. The molecule has 1 aliphatic rings. The molecular weight excluding hydrogens is 200 g/mol. The molecule has 1 heterocycles.